The number of benzene rings is 2. The minimum atomic E-state index is -4.39. The van der Waals surface area contributed by atoms with Gasteiger partial charge in [-0.05, 0) is 79.5 Å². The molecule has 1 saturated heterocycles. The maximum absolute atomic E-state index is 13.2. The van der Waals surface area contributed by atoms with Crippen molar-refractivity contribution in [3.63, 3.8) is 0 Å². The maximum atomic E-state index is 13.2. The standard InChI is InChI=1S/C35H43F3N4O2/c1-40(31-13-8-11-29(25-31)35(36,37)38)20-15-33(43)42-21-17-34(18-22-42)16-6-4-10-28-9-2-3-14-32(28)44-24-23-41(27-34)26-30-12-5-7-19-39-30/h2-3,5,7-9,11-14,19,25H,4,6,10,15-18,20-24,26-27H2,1H3. The Morgan fingerprint density at radius 2 is 1.77 bits per heavy atom. The summed E-state index contributed by atoms with van der Waals surface area (Å²) in [5.41, 5.74) is 2.16. The fraction of sp³-hybridized carbons (Fsp3) is 0.486. The van der Waals surface area contributed by atoms with Gasteiger partial charge >= 0.3 is 6.18 Å². The summed E-state index contributed by atoms with van der Waals surface area (Å²) < 4.78 is 45.8. The Morgan fingerprint density at radius 1 is 0.977 bits per heavy atom. The lowest BCUT2D eigenvalue weighted by Gasteiger charge is -2.45. The van der Waals surface area contributed by atoms with Crippen molar-refractivity contribution < 1.29 is 22.7 Å². The number of likely N-dealkylation sites (tertiary alicyclic amines) is 1. The molecule has 0 unspecified atom stereocenters. The highest BCUT2D eigenvalue weighted by Gasteiger charge is 2.37. The number of anilines is 1. The Hall–Kier alpha value is -3.59. The molecule has 0 bridgehead atoms. The average Bonchev–Trinajstić information content (AvgIpc) is 3.02. The van der Waals surface area contributed by atoms with Gasteiger partial charge in [-0.1, -0.05) is 36.8 Å². The second-order valence-electron chi connectivity index (χ2n) is 12.3. The van der Waals surface area contributed by atoms with Gasteiger partial charge in [0.1, 0.15) is 12.4 Å². The number of aryl methyl sites for hydroxylation is 1. The molecule has 1 spiro atoms. The van der Waals surface area contributed by atoms with Crippen molar-refractivity contribution in [1.82, 2.24) is 14.8 Å². The van der Waals surface area contributed by atoms with E-state index in [1.807, 2.05) is 29.3 Å². The highest BCUT2D eigenvalue weighted by molar-refractivity contribution is 5.77. The molecule has 236 valence electrons. The molecule has 2 aliphatic heterocycles. The van der Waals surface area contributed by atoms with Crippen LogP contribution in [0.2, 0.25) is 0 Å². The summed E-state index contributed by atoms with van der Waals surface area (Å²) >= 11 is 0. The second-order valence-corrected chi connectivity index (χ2v) is 12.3. The molecule has 1 fully saturated rings. The fourth-order valence-electron chi connectivity index (χ4n) is 6.55. The van der Waals surface area contributed by atoms with E-state index in [1.54, 1.807) is 18.0 Å². The zero-order valence-corrected chi connectivity index (χ0v) is 25.6. The summed E-state index contributed by atoms with van der Waals surface area (Å²) in [6, 6.07) is 19.6. The number of piperidine rings is 1. The summed E-state index contributed by atoms with van der Waals surface area (Å²) in [6.07, 6.45) is 3.87. The highest BCUT2D eigenvalue weighted by atomic mass is 19.4. The summed E-state index contributed by atoms with van der Waals surface area (Å²) in [4.78, 5) is 24.0. The van der Waals surface area contributed by atoms with E-state index in [2.05, 4.69) is 34.1 Å². The van der Waals surface area contributed by atoms with Gasteiger partial charge in [-0.25, -0.2) is 0 Å². The average molecular weight is 609 g/mol. The monoisotopic (exact) mass is 608 g/mol. The Bertz CT molecular complexity index is 1360. The molecule has 6 nitrogen and oxygen atoms in total. The smallest absolute Gasteiger partial charge is 0.416 e. The van der Waals surface area contributed by atoms with Crippen LogP contribution in [0.15, 0.2) is 72.9 Å². The van der Waals surface area contributed by atoms with Crippen LogP contribution >= 0.6 is 0 Å². The van der Waals surface area contributed by atoms with E-state index in [0.29, 0.717) is 31.9 Å². The van der Waals surface area contributed by atoms with Crippen LogP contribution in [0.1, 0.15) is 55.3 Å². The third-order valence-corrected chi connectivity index (χ3v) is 9.16. The lowest BCUT2D eigenvalue weighted by Crippen LogP contribution is -2.49. The zero-order valence-electron chi connectivity index (χ0n) is 25.6. The van der Waals surface area contributed by atoms with Gasteiger partial charge in [-0.15, -0.1) is 0 Å². The summed E-state index contributed by atoms with van der Waals surface area (Å²) in [5.74, 6) is 1.04. The van der Waals surface area contributed by atoms with Crippen molar-refractivity contribution in [2.75, 3.05) is 51.3 Å². The van der Waals surface area contributed by atoms with Crippen LogP contribution in [-0.2, 0) is 23.9 Å². The number of rotatable bonds is 6. The normalized spacial score (nSPS) is 18.0. The first kappa shape index (κ1) is 31.8. The first-order valence-corrected chi connectivity index (χ1v) is 15.7. The molecular weight excluding hydrogens is 565 g/mol. The third-order valence-electron chi connectivity index (χ3n) is 9.16. The zero-order chi connectivity index (χ0) is 31.0. The number of aromatic nitrogens is 1. The fourth-order valence-corrected chi connectivity index (χ4v) is 6.55. The third kappa shape index (κ3) is 8.52. The molecule has 44 heavy (non-hydrogen) atoms. The second kappa shape index (κ2) is 14.5. The number of fused-ring (bicyclic) bond motifs is 1. The van der Waals surface area contributed by atoms with Crippen molar-refractivity contribution in [3.8, 4) is 5.75 Å². The first-order valence-electron chi connectivity index (χ1n) is 15.7. The molecule has 3 heterocycles. The molecule has 2 aromatic carbocycles. The number of pyridine rings is 1. The van der Waals surface area contributed by atoms with Gasteiger partial charge in [0.25, 0.3) is 0 Å². The number of nitrogens with zero attached hydrogens (tertiary/aromatic N) is 4. The van der Waals surface area contributed by atoms with Crippen LogP contribution in [0.3, 0.4) is 0 Å². The van der Waals surface area contributed by atoms with E-state index >= 15 is 0 Å². The summed E-state index contributed by atoms with van der Waals surface area (Å²) in [6.45, 7) is 4.82. The molecule has 0 saturated carbocycles. The van der Waals surface area contributed by atoms with Crippen molar-refractivity contribution in [2.45, 2.75) is 57.7 Å². The van der Waals surface area contributed by atoms with Crippen LogP contribution < -0.4 is 9.64 Å². The van der Waals surface area contributed by atoms with Gasteiger partial charge in [0.15, 0.2) is 0 Å². The van der Waals surface area contributed by atoms with Gasteiger partial charge in [0.2, 0.25) is 5.91 Å². The van der Waals surface area contributed by atoms with Crippen molar-refractivity contribution in [3.05, 3.63) is 89.7 Å². The number of carbonyl (C=O) groups excluding carboxylic acids is 1. The highest BCUT2D eigenvalue weighted by Crippen LogP contribution is 2.39. The van der Waals surface area contributed by atoms with E-state index in [1.165, 1.54) is 11.6 Å². The Morgan fingerprint density at radius 3 is 2.55 bits per heavy atom. The predicted octanol–water partition coefficient (Wildman–Crippen LogP) is 6.84. The minimum absolute atomic E-state index is 0.0576. The number of alkyl halides is 3. The Balaban J connectivity index is 1.22. The van der Waals surface area contributed by atoms with E-state index in [9.17, 15) is 18.0 Å². The summed E-state index contributed by atoms with van der Waals surface area (Å²) in [5, 5.41) is 0. The number of halogens is 3. The van der Waals surface area contributed by atoms with Gasteiger partial charge in [0.05, 0.1) is 11.3 Å². The van der Waals surface area contributed by atoms with Crippen molar-refractivity contribution >= 4 is 11.6 Å². The van der Waals surface area contributed by atoms with Gasteiger partial charge in [-0.2, -0.15) is 13.2 Å². The number of carbonyl (C=O) groups is 1. The van der Waals surface area contributed by atoms with Crippen molar-refractivity contribution in [2.24, 2.45) is 5.41 Å². The van der Waals surface area contributed by atoms with E-state index < -0.39 is 11.7 Å². The molecule has 0 radical (unpaired) electrons. The Kier molecular flexibility index (Phi) is 10.5. The van der Waals surface area contributed by atoms with Crippen LogP contribution in [0.25, 0.3) is 0 Å². The number of ether oxygens (including phenoxy) is 1. The number of amides is 1. The topological polar surface area (TPSA) is 48.9 Å². The van der Waals surface area contributed by atoms with Crippen LogP contribution in [0.5, 0.6) is 5.75 Å². The van der Waals surface area contributed by atoms with E-state index in [4.69, 9.17) is 4.74 Å². The lowest BCUT2D eigenvalue weighted by atomic mass is 9.73. The molecule has 5 rings (SSSR count). The molecular formula is C35H43F3N4O2. The van der Waals surface area contributed by atoms with Crippen LogP contribution in [-0.4, -0.2) is 67.1 Å². The van der Waals surface area contributed by atoms with Crippen LogP contribution in [0, 0.1) is 5.41 Å². The minimum Gasteiger partial charge on any atom is -0.492 e. The first-order chi connectivity index (χ1) is 21.2. The molecule has 1 amide bonds. The molecule has 1 aromatic heterocycles. The number of hydrogen-bond donors (Lipinski definition) is 0. The van der Waals surface area contributed by atoms with E-state index in [0.717, 1.165) is 81.7 Å². The lowest BCUT2D eigenvalue weighted by molar-refractivity contribution is -0.137. The maximum Gasteiger partial charge on any atom is 0.416 e. The molecule has 0 N–H and O–H groups in total. The van der Waals surface area contributed by atoms with Gasteiger partial charge in [0, 0.05) is 64.6 Å². The SMILES string of the molecule is CN(CCC(=O)N1CCC2(CCCCc3ccccc3OCCN(Cc3ccccn3)C2)CC1)c1cccc(C(F)(F)F)c1. The predicted molar refractivity (Wildman–Crippen MR) is 167 cm³/mol. The molecule has 3 aromatic rings. The van der Waals surface area contributed by atoms with Crippen molar-refractivity contribution in [1.29, 1.82) is 0 Å². The number of para-hydroxylation sites is 1. The summed E-state index contributed by atoms with van der Waals surface area (Å²) in [7, 11) is 1.73. The molecule has 9 heteroatoms. The van der Waals surface area contributed by atoms with Gasteiger partial charge < -0.3 is 14.5 Å². The molecule has 2 aliphatic rings. The molecule has 0 aliphatic carbocycles. The Labute approximate surface area is 258 Å². The number of hydrogen-bond acceptors (Lipinski definition) is 5. The largest absolute Gasteiger partial charge is 0.492 e. The van der Waals surface area contributed by atoms with Crippen LogP contribution in [0.4, 0.5) is 18.9 Å². The quantitative estimate of drug-likeness (QED) is 0.307. The molecule has 0 atom stereocenters. The van der Waals surface area contributed by atoms with Gasteiger partial charge in [-0.3, -0.25) is 14.7 Å². The van der Waals surface area contributed by atoms with E-state index in [-0.39, 0.29) is 17.7 Å².